The van der Waals surface area contributed by atoms with Crippen LogP contribution < -0.4 is 4.90 Å². The molecule has 1 heteroatoms. The summed E-state index contributed by atoms with van der Waals surface area (Å²) in [5, 5.41) is 12.9. The zero-order valence-electron chi connectivity index (χ0n) is 30.8. The van der Waals surface area contributed by atoms with E-state index < -0.39 is 0 Å². The molecule has 0 N–H and O–H groups in total. The highest BCUT2D eigenvalue weighted by Gasteiger charge is 2.23. The van der Waals surface area contributed by atoms with Gasteiger partial charge in [0.2, 0.25) is 0 Å². The van der Waals surface area contributed by atoms with Crippen LogP contribution in [0.4, 0.5) is 17.1 Å². The first-order valence-corrected chi connectivity index (χ1v) is 18.8. The summed E-state index contributed by atoms with van der Waals surface area (Å²) in [6, 6.07) is 65.2. The maximum Gasteiger partial charge on any atom is 0.0619 e. The standard InChI is InChI=1S/C53H39N/c1-34-17-25-38(26-18-34)49(39-27-19-35(2)20-28-39)33-37-23-31-42(32-24-37)54(41-29-21-36(3)22-30-41)53-46-12-5-4-11-45(46)51-47-15-7-10-40-9-6-13-43(50(40)47)44-14-8-16-48(53)52(44)51/h4-33H,1-3H3. The van der Waals surface area contributed by atoms with E-state index in [9.17, 15) is 0 Å². The fourth-order valence-electron chi connectivity index (χ4n) is 8.51. The largest absolute Gasteiger partial charge is 0.309 e. The van der Waals surface area contributed by atoms with Crippen molar-refractivity contribution in [3.63, 3.8) is 0 Å². The zero-order valence-corrected chi connectivity index (χ0v) is 30.8. The molecule has 10 aromatic carbocycles. The minimum atomic E-state index is 1.12. The van der Waals surface area contributed by atoms with Gasteiger partial charge in [-0.05, 0) is 111 Å². The SMILES string of the molecule is Cc1ccc(C(=Cc2ccc(N(c3ccc(C)cc3)c3c4ccccc4c4c5cccc6cccc(c7cccc3c74)c65)cc2)c2ccc(C)cc2)cc1. The molecule has 0 aliphatic heterocycles. The fraction of sp³-hybridized carbons (Fsp3) is 0.0566. The first-order valence-electron chi connectivity index (χ1n) is 18.8. The van der Waals surface area contributed by atoms with Gasteiger partial charge in [0, 0.05) is 27.5 Å². The molecule has 0 radical (unpaired) electrons. The van der Waals surface area contributed by atoms with E-state index in [1.54, 1.807) is 0 Å². The molecule has 1 nitrogen and oxygen atoms in total. The summed E-state index contributed by atoms with van der Waals surface area (Å²) in [5.41, 5.74) is 12.0. The first-order chi connectivity index (χ1) is 26.5. The Morgan fingerprint density at radius 3 is 1.41 bits per heavy atom. The van der Waals surface area contributed by atoms with E-state index >= 15 is 0 Å². The molecule has 10 rings (SSSR count). The molecule has 0 saturated heterocycles. The highest BCUT2D eigenvalue weighted by Crippen LogP contribution is 2.50. The monoisotopic (exact) mass is 689 g/mol. The van der Waals surface area contributed by atoms with E-state index in [0.29, 0.717) is 0 Å². The molecule has 0 aliphatic rings. The van der Waals surface area contributed by atoms with Crippen LogP contribution in [0.3, 0.4) is 0 Å². The molecule has 256 valence electrons. The van der Waals surface area contributed by atoms with Crippen molar-refractivity contribution in [2.24, 2.45) is 0 Å². The first kappa shape index (κ1) is 32.0. The molecule has 10 aromatic rings. The molecule has 0 atom stereocenters. The average Bonchev–Trinajstić information content (AvgIpc) is 3.21. The van der Waals surface area contributed by atoms with Gasteiger partial charge in [-0.3, -0.25) is 0 Å². The van der Waals surface area contributed by atoms with Crippen LogP contribution in [0.1, 0.15) is 33.4 Å². The number of anilines is 3. The third kappa shape index (κ3) is 5.24. The van der Waals surface area contributed by atoms with Crippen molar-refractivity contribution in [3.8, 4) is 0 Å². The number of rotatable bonds is 6. The van der Waals surface area contributed by atoms with E-state index in [2.05, 4.69) is 208 Å². The van der Waals surface area contributed by atoms with Crippen LogP contribution in [0.2, 0.25) is 0 Å². The Bertz CT molecular complexity index is 2970. The Morgan fingerprint density at radius 2 is 0.796 bits per heavy atom. The maximum absolute atomic E-state index is 2.47. The third-order valence-corrected chi connectivity index (χ3v) is 11.2. The number of nitrogens with zero attached hydrogens (tertiary/aromatic N) is 1. The van der Waals surface area contributed by atoms with Gasteiger partial charge >= 0.3 is 0 Å². The van der Waals surface area contributed by atoms with Crippen LogP contribution in [0.5, 0.6) is 0 Å². The molecular weight excluding hydrogens is 651 g/mol. The van der Waals surface area contributed by atoms with Crippen molar-refractivity contribution in [1.82, 2.24) is 0 Å². The van der Waals surface area contributed by atoms with Gasteiger partial charge in [-0.2, -0.15) is 0 Å². The fourth-order valence-corrected chi connectivity index (χ4v) is 8.51. The molecule has 0 aliphatic carbocycles. The summed E-state index contributed by atoms with van der Waals surface area (Å²) in [6.45, 7) is 6.44. The predicted octanol–water partition coefficient (Wildman–Crippen LogP) is 14.9. The lowest BCUT2D eigenvalue weighted by atomic mass is 9.86. The van der Waals surface area contributed by atoms with Crippen LogP contribution in [0.25, 0.3) is 65.5 Å². The Morgan fingerprint density at radius 1 is 0.370 bits per heavy atom. The van der Waals surface area contributed by atoms with E-state index in [1.807, 2.05) is 0 Å². The van der Waals surface area contributed by atoms with Crippen LogP contribution in [0, 0.1) is 20.8 Å². The quantitative estimate of drug-likeness (QED) is 0.0954. The van der Waals surface area contributed by atoms with Gasteiger partial charge in [-0.1, -0.05) is 168 Å². The molecule has 0 heterocycles. The van der Waals surface area contributed by atoms with Gasteiger partial charge in [0.15, 0.2) is 0 Å². The minimum Gasteiger partial charge on any atom is -0.309 e. The van der Waals surface area contributed by atoms with E-state index in [0.717, 1.165) is 16.9 Å². The van der Waals surface area contributed by atoms with Crippen LogP contribution in [-0.4, -0.2) is 0 Å². The van der Waals surface area contributed by atoms with Gasteiger partial charge in [-0.15, -0.1) is 0 Å². The molecular formula is C53H39N. The van der Waals surface area contributed by atoms with E-state index in [4.69, 9.17) is 0 Å². The summed E-state index contributed by atoms with van der Waals surface area (Å²) < 4.78 is 0. The third-order valence-electron chi connectivity index (χ3n) is 11.2. The molecule has 0 fully saturated rings. The Kier molecular flexibility index (Phi) is 7.56. The van der Waals surface area contributed by atoms with Crippen molar-refractivity contribution < 1.29 is 0 Å². The number of hydrogen-bond donors (Lipinski definition) is 0. The second-order valence-electron chi connectivity index (χ2n) is 14.8. The number of benzene rings is 10. The lowest BCUT2D eigenvalue weighted by Gasteiger charge is -2.30. The summed E-state index contributed by atoms with van der Waals surface area (Å²) in [6.07, 6.45) is 2.32. The second kappa shape index (κ2) is 12.8. The molecule has 0 spiro atoms. The Balaban J connectivity index is 1.22. The number of fused-ring (bicyclic) bond motifs is 4. The van der Waals surface area contributed by atoms with Crippen LogP contribution in [-0.2, 0) is 0 Å². The molecule has 0 amide bonds. The molecule has 54 heavy (non-hydrogen) atoms. The molecule has 0 bridgehead atoms. The summed E-state index contributed by atoms with van der Waals surface area (Å²) in [7, 11) is 0. The molecule has 0 unspecified atom stereocenters. The number of aryl methyl sites for hydroxylation is 3. The normalized spacial score (nSPS) is 11.6. The minimum absolute atomic E-state index is 1.12. The Labute approximate surface area is 316 Å². The predicted molar refractivity (Wildman–Crippen MR) is 234 cm³/mol. The summed E-state index contributed by atoms with van der Waals surface area (Å²) in [5.74, 6) is 0. The van der Waals surface area contributed by atoms with Crippen molar-refractivity contribution >= 4 is 82.6 Å². The molecule has 0 aromatic heterocycles. The lowest BCUT2D eigenvalue weighted by Crippen LogP contribution is -2.11. The summed E-state index contributed by atoms with van der Waals surface area (Å²) >= 11 is 0. The number of hydrogen-bond acceptors (Lipinski definition) is 1. The highest BCUT2D eigenvalue weighted by atomic mass is 15.1. The van der Waals surface area contributed by atoms with Gasteiger partial charge in [0.25, 0.3) is 0 Å². The van der Waals surface area contributed by atoms with Gasteiger partial charge in [0.05, 0.1) is 5.69 Å². The Hall–Kier alpha value is -6.70. The maximum atomic E-state index is 2.47. The van der Waals surface area contributed by atoms with Gasteiger partial charge in [-0.25, -0.2) is 0 Å². The second-order valence-corrected chi connectivity index (χ2v) is 14.8. The van der Waals surface area contributed by atoms with Crippen molar-refractivity contribution in [2.75, 3.05) is 4.90 Å². The van der Waals surface area contributed by atoms with Crippen LogP contribution in [0.15, 0.2) is 176 Å². The molecule has 0 saturated carbocycles. The highest BCUT2D eigenvalue weighted by molar-refractivity contribution is 6.40. The smallest absolute Gasteiger partial charge is 0.0619 e. The van der Waals surface area contributed by atoms with Crippen molar-refractivity contribution in [1.29, 1.82) is 0 Å². The van der Waals surface area contributed by atoms with E-state index in [-0.39, 0.29) is 0 Å². The van der Waals surface area contributed by atoms with Crippen LogP contribution >= 0.6 is 0 Å². The zero-order chi connectivity index (χ0) is 36.3. The van der Waals surface area contributed by atoms with Crippen molar-refractivity contribution in [3.05, 3.63) is 209 Å². The van der Waals surface area contributed by atoms with Gasteiger partial charge < -0.3 is 4.90 Å². The van der Waals surface area contributed by atoms with E-state index in [1.165, 1.54) is 92.9 Å². The van der Waals surface area contributed by atoms with Crippen molar-refractivity contribution in [2.45, 2.75) is 20.8 Å². The topological polar surface area (TPSA) is 3.24 Å². The van der Waals surface area contributed by atoms with Gasteiger partial charge in [0.1, 0.15) is 0 Å². The lowest BCUT2D eigenvalue weighted by molar-refractivity contribution is 1.30. The summed E-state index contributed by atoms with van der Waals surface area (Å²) in [4.78, 5) is 2.47. The average molecular weight is 690 g/mol.